The fraction of sp³-hybridized carbons (Fsp3) is 0.412. The molecule has 0 aliphatic heterocycles. The van der Waals surface area contributed by atoms with E-state index in [2.05, 4.69) is 125 Å². The van der Waals surface area contributed by atoms with E-state index in [1.54, 1.807) is 0 Å². The first-order valence-electron chi connectivity index (χ1n) is 12.6. The van der Waals surface area contributed by atoms with Gasteiger partial charge < -0.3 is 14.9 Å². The summed E-state index contributed by atoms with van der Waals surface area (Å²) in [7, 11) is 0. The zero-order valence-electron chi connectivity index (χ0n) is 24.9. The maximum absolute atomic E-state index is 3.06. The molecule has 196 valence electrons. The first-order chi connectivity index (χ1) is 16.0. The van der Waals surface area contributed by atoms with Crippen LogP contribution in [0.25, 0.3) is 21.5 Å². The van der Waals surface area contributed by atoms with Crippen molar-refractivity contribution in [2.24, 2.45) is 0 Å². The van der Waals surface area contributed by atoms with Crippen LogP contribution in [0.3, 0.4) is 0 Å². The summed E-state index contributed by atoms with van der Waals surface area (Å²) < 4.78 is 0. The Kier molecular flexibility index (Phi) is 14.7. The monoisotopic (exact) mass is 574 g/mol. The molecule has 0 unspecified atom stereocenters. The molecule has 36 heavy (non-hydrogen) atoms. The first-order valence-corrected chi connectivity index (χ1v) is 16.8. The normalized spacial score (nSPS) is 10.7. The summed E-state index contributed by atoms with van der Waals surface area (Å²) in [4.78, 5) is 0. The minimum atomic E-state index is 0. The molecule has 0 spiro atoms. The third-order valence-corrected chi connectivity index (χ3v) is 6.62. The van der Waals surface area contributed by atoms with E-state index >= 15 is 0 Å². The molecule has 0 atom stereocenters. The molecular formula is C34H48SiZr-4. The van der Waals surface area contributed by atoms with Crippen LogP contribution < -0.4 is 0 Å². The minimum absolute atomic E-state index is 0. The number of fused-ring (bicyclic) bond motifs is 2. The van der Waals surface area contributed by atoms with Crippen LogP contribution >= 0.6 is 0 Å². The number of rotatable bonds is 4. The van der Waals surface area contributed by atoms with Gasteiger partial charge in [-0.15, -0.1) is 56.9 Å². The van der Waals surface area contributed by atoms with Gasteiger partial charge in [-0.25, -0.2) is 0 Å². The zero-order valence-corrected chi connectivity index (χ0v) is 28.4. The van der Waals surface area contributed by atoms with Crippen molar-refractivity contribution in [3.63, 3.8) is 0 Å². The van der Waals surface area contributed by atoms with Gasteiger partial charge in [-0.1, -0.05) is 104 Å². The van der Waals surface area contributed by atoms with Crippen molar-refractivity contribution in [2.75, 3.05) is 0 Å². The van der Waals surface area contributed by atoms with Crippen molar-refractivity contribution in [1.82, 2.24) is 0 Å². The summed E-state index contributed by atoms with van der Waals surface area (Å²) in [5.41, 5.74) is 8.66. The standard InChI is InChI=1S/2C16H21.2CH3.Si.Zr/c2*1-10(2)13-8-14-6-12(5)7-16(14)15(9-13)11(3)4;;;;/h2*6-11H,1-5H3;2*1H3;;/q4*-1;;. The summed E-state index contributed by atoms with van der Waals surface area (Å²) in [5.74, 6) is 2.42. The average Bonchev–Trinajstić information content (AvgIpc) is 3.33. The predicted octanol–water partition coefficient (Wildman–Crippen LogP) is 10.7. The van der Waals surface area contributed by atoms with E-state index in [0.717, 1.165) is 0 Å². The molecule has 0 bridgehead atoms. The Labute approximate surface area is 240 Å². The molecule has 2 heteroatoms. The van der Waals surface area contributed by atoms with Crippen molar-refractivity contribution in [3.05, 3.63) is 96.8 Å². The topological polar surface area (TPSA) is 0 Å². The van der Waals surface area contributed by atoms with E-state index < -0.39 is 0 Å². The molecule has 0 fully saturated rings. The second-order valence-corrected chi connectivity index (χ2v) is 10.9. The molecule has 0 aliphatic rings. The van der Waals surface area contributed by atoms with Crippen LogP contribution in [0.15, 0.2) is 48.5 Å². The first kappa shape index (κ1) is 34.8. The number of hydrogen-bond donors (Lipinski definition) is 0. The van der Waals surface area contributed by atoms with Crippen LogP contribution in [0.5, 0.6) is 0 Å². The van der Waals surface area contributed by atoms with Gasteiger partial charge >= 0.3 is 30.2 Å². The second-order valence-electron chi connectivity index (χ2n) is 10.9. The Morgan fingerprint density at radius 1 is 0.528 bits per heavy atom. The molecule has 0 N–H and O–H groups in total. The van der Waals surface area contributed by atoms with Crippen LogP contribution in [0.4, 0.5) is 0 Å². The molecule has 0 aromatic heterocycles. The molecule has 0 saturated heterocycles. The van der Waals surface area contributed by atoms with Gasteiger partial charge in [0.1, 0.15) is 0 Å². The van der Waals surface area contributed by atoms with Gasteiger partial charge in [-0.3, -0.25) is 0 Å². The second kappa shape index (κ2) is 15.2. The molecule has 0 saturated carbocycles. The van der Waals surface area contributed by atoms with E-state index in [-0.39, 0.29) is 14.9 Å². The van der Waals surface area contributed by atoms with Crippen LogP contribution in [-0.2, 0) is 23.3 Å². The molecule has 4 aromatic carbocycles. The average molecular weight is 576 g/mol. The van der Waals surface area contributed by atoms with Crippen LogP contribution in [0.1, 0.15) is 112 Å². The molecule has 0 amide bonds. The van der Waals surface area contributed by atoms with E-state index in [1.165, 1.54) is 78.3 Å². The fourth-order valence-corrected chi connectivity index (χ4v) is 4.67. The summed E-state index contributed by atoms with van der Waals surface area (Å²) in [5, 5.41) is 5.70. The maximum atomic E-state index is 3.06. The van der Waals surface area contributed by atoms with E-state index in [0.29, 0.717) is 23.7 Å². The van der Waals surface area contributed by atoms with E-state index in [9.17, 15) is 0 Å². The third kappa shape index (κ3) is 8.39. The number of benzene rings is 2. The zero-order chi connectivity index (χ0) is 25.7. The summed E-state index contributed by atoms with van der Waals surface area (Å²) in [6.45, 7) is 25.6. The van der Waals surface area contributed by atoms with Crippen molar-refractivity contribution < 1.29 is 23.3 Å². The van der Waals surface area contributed by atoms with Crippen LogP contribution in [0, 0.1) is 28.7 Å². The van der Waals surface area contributed by atoms with Gasteiger partial charge in [0.2, 0.25) is 0 Å². The van der Waals surface area contributed by atoms with Crippen LogP contribution in [0.2, 0.25) is 0 Å². The number of hydrogen-bond acceptors (Lipinski definition) is 0. The Balaban J connectivity index is 0.000000605. The molecule has 0 nitrogen and oxygen atoms in total. The van der Waals surface area contributed by atoms with Crippen molar-refractivity contribution >= 4 is 28.4 Å². The number of aryl methyl sites for hydroxylation is 2. The fourth-order valence-electron chi connectivity index (χ4n) is 4.67. The Bertz CT molecular complexity index is 1120. The SMILES string of the molecule is Cc1cc2c(C(C)C)cc(C(C)C)cc2[cH-]1.Cc1cc2c(C(C)C)cc(C(C)C)cc2[cH-]1.[CH3-].[CH3-].[Si]=[Zr]. The summed E-state index contributed by atoms with van der Waals surface area (Å²) in [6, 6.07) is 18.7. The summed E-state index contributed by atoms with van der Waals surface area (Å²) >= 11 is 1.36. The summed E-state index contributed by atoms with van der Waals surface area (Å²) in [6.07, 6.45) is 0. The molecule has 4 aromatic rings. The predicted molar refractivity (Wildman–Crippen MR) is 163 cm³/mol. The van der Waals surface area contributed by atoms with E-state index in [4.69, 9.17) is 0 Å². The quantitative estimate of drug-likeness (QED) is 0.168. The third-order valence-electron chi connectivity index (χ3n) is 6.62. The van der Waals surface area contributed by atoms with Crippen LogP contribution in [-0.4, -0.2) is 6.88 Å². The van der Waals surface area contributed by atoms with Crippen molar-refractivity contribution in [2.45, 2.75) is 92.9 Å². The molecule has 4 rings (SSSR count). The van der Waals surface area contributed by atoms with Crippen molar-refractivity contribution in [3.8, 4) is 0 Å². The van der Waals surface area contributed by atoms with E-state index in [1.807, 2.05) is 0 Å². The Morgan fingerprint density at radius 3 is 1.08 bits per heavy atom. The van der Waals surface area contributed by atoms with Gasteiger partial charge in [0, 0.05) is 0 Å². The molecule has 2 radical (unpaired) electrons. The molecule has 0 heterocycles. The van der Waals surface area contributed by atoms with Gasteiger partial charge in [0.05, 0.1) is 0 Å². The van der Waals surface area contributed by atoms with Gasteiger partial charge in [-0.05, 0) is 23.7 Å². The molecule has 0 aliphatic carbocycles. The Morgan fingerprint density at radius 2 is 0.833 bits per heavy atom. The molecular weight excluding hydrogens is 528 g/mol. The van der Waals surface area contributed by atoms with Gasteiger partial charge in [-0.2, -0.15) is 12.1 Å². The Hall–Kier alpha value is -1.24. The van der Waals surface area contributed by atoms with Gasteiger partial charge in [0.15, 0.2) is 0 Å². The van der Waals surface area contributed by atoms with Gasteiger partial charge in [0.25, 0.3) is 0 Å². The van der Waals surface area contributed by atoms with Crippen molar-refractivity contribution in [1.29, 1.82) is 0 Å².